The number of methoxy groups -OCH3 is 1. The van der Waals surface area contributed by atoms with Crippen molar-refractivity contribution in [2.24, 2.45) is 0 Å². The molecule has 3 aromatic rings. The fourth-order valence-electron chi connectivity index (χ4n) is 4.33. The first-order valence-electron chi connectivity index (χ1n) is 12.0. The van der Waals surface area contributed by atoms with E-state index in [4.69, 9.17) is 27.3 Å². The van der Waals surface area contributed by atoms with Crippen LogP contribution < -0.4 is 0 Å². The second kappa shape index (κ2) is 12.3. The second-order valence-electron chi connectivity index (χ2n) is 8.89. The zero-order valence-electron chi connectivity index (χ0n) is 20.8. The summed E-state index contributed by atoms with van der Waals surface area (Å²) in [6.07, 6.45) is -7.27. The lowest BCUT2D eigenvalue weighted by Crippen LogP contribution is -2.64. The highest BCUT2D eigenvalue weighted by Crippen LogP contribution is 2.38. The normalized spacial score (nSPS) is 27.2. The second-order valence-corrected chi connectivity index (χ2v) is 13.9. The van der Waals surface area contributed by atoms with Crippen LogP contribution in [0.4, 0.5) is 0 Å². The summed E-state index contributed by atoms with van der Waals surface area (Å²) in [5.41, 5.74) is 0.671. The van der Waals surface area contributed by atoms with Crippen LogP contribution in [0.5, 0.6) is 0 Å². The predicted octanol–water partition coefficient (Wildman–Crippen LogP) is 4.55. The zero-order valence-corrected chi connectivity index (χ0v) is 25.6. The van der Waals surface area contributed by atoms with Gasteiger partial charge in [-0.15, -0.1) is 0 Å². The van der Waals surface area contributed by atoms with Gasteiger partial charge in [0.15, 0.2) is 18.7 Å². The molecule has 14 heteroatoms. The van der Waals surface area contributed by atoms with Gasteiger partial charge in [0.2, 0.25) is 0 Å². The monoisotopic (exact) mass is 718 g/mol. The molecular weight excluding hydrogens is 696 g/mol. The highest BCUT2D eigenvalue weighted by molar-refractivity contribution is 9.10. The Balaban J connectivity index is 1.53. The average molecular weight is 720 g/mol. The number of ether oxygens (including phenoxy) is 4. The van der Waals surface area contributed by atoms with Crippen LogP contribution in [0.2, 0.25) is 0 Å². The van der Waals surface area contributed by atoms with E-state index in [1.807, 2.05) is 6.07 Å². The first kappa shape index (κ1) is 29.8. The lowest BCUT2D eigenvalue weighted by molar-refractivity contribution is -0.351. The number of halogens is 2. The third-order valence-corrected chi connectivity index (χ3v) is 9.98. The van der Waals surface area contributed by atoms with E-state index in [0.717, 1.165) is 0 Å². The maximum Gasteiger partial charge on any atom is 0.297 e. The fraction of sp³-hybridized carbons (Fsp3) is 0.308. The van der Waals surface area contributed by atoms with Crippen molar-refractivity contribution in [3.8, 4) is 0 Å². The van der Waals surface area contributed by atoms with Gasteiger partial charge >= 0.3 is 0 Å². The van der Waals surface area contributed by atoms with Crippen LogP contribution in [0.15, 0.2) is 97.6 Å². The van der Waals surface area contributed by atoms with Gasteiger partial charge in [-0.3, -0.25) is 8.37 Å². The largest absolute Gasteiger partial charge is 0.353 e. The highest BCUT2D eigenvalue weighted by Gasteiger charge is 2.54. The summed E-state index contributed by atoms with van der Waals surface area (Å²) in [5.74, 6) is 0. The Morgan fingerprint density at radius 1 is 0.725 bits per heavy atom. The molecule has 2 saturated heterocycles. The van der Waals surface area contributed by atoms with Gasteiger partial charge in [-0.05, 0) is 48.5 Å². The molecule has 0 N–H and O–H groups in total. The van der Waals surface area contributed by atoms with Crippen LogP contribution in [-0.2, 0) is 47.5 Å². The molecule has 3 aromatic carbocycles. The lowest BCUT2D eigenvalue weighted by Gasteiger charge is -2.47. The van der Waals surface area contributed by atoms with E-state index in [9.17, 15) is 16.8 Å². The van der Waals surface area contributed by atoms with Crippen molar-refractivity contribution in [2.45, 2.75) is 46.8 Å². The molecule has 0 radical (unpaired) electrons. The molecule has 0 spiro atoms. The summed E-state index contributed by atoms with van der Waals surface area (Å²) in [6.45, 7) is -0.00549. The molecule has 6 atom stereocenters. The van der Waals surface area contributed by atoms with Crippen molar-refractivity contribution in [1.29, 1.82) is 0 Å². The van der Waals surface area contributed by atoms with Crippen LogP contribution in [0.1, 0.15) is 11.9 Å². The van der Waals surface area contributed by atoms with E-state index in [1.165, 1.54) is 43.5 Å². The topological polar surface area (TPSA) is 124 Å². The molecule has 5 rings (SSSR count). The van der Waals surface area contributed by atoms with Crippen molar-refractivity contribution >= 4 is 52.1 Å². The Kier molecular flexibility index (Phi) is 9.12. The SMILES string of the molecule is CO[C@@H]1O[C@H]2CO[C@H](c3ccccc3)O[C@@H]2[C@@H](OS(=O)(=O)c2ccc(Br)cc2)[C@H]1OS(=O)(=O)c1ccc(Br)cc1. The molecule has 0 saturated carbocycles. The van der Waals surface area contributed by atoms with Crippen molar-refractivity contribution in [1.82, 2.24) is 0 Å². The molecule has 0 bridgehead atoms. The smallest absolute Gasteiger partial charge is 0.297 e. The van der Waals surface area contributed by atoms with E-state index < -0.39 is 57.2 Å². The van der Waals surface area contributed by atoms with E-state index in [-0.39, 0.29) is 16.4 Å². The molecule has 0 aromatic heterocycles. The minimum Gasteiger partial charge on any atom is -0.353 e. The van der Waals surface area contributed by atoms with Crippen molar-refractivity contribution in [3.05, 3.63) is 93.4 Å². The predicted molar refractivity (Wildman–Crippen MR) is 148 cm³/mol. The molecule has 0 unspecified atom stereocenters. The molecular formula is C26H24Br2O10S2. The standard InChI is InChI=1S/C26H24Br2O10S2/c1-33-26-24(38-40(31,32)20-13-9-18(28)10-14-20)23(37-39(29,30)19-11-7-17(27)8-12-19)22-21(35-26)15-34-25(36-22)16-5-3-2-4-6-16/h2-14,21-26H,15H2,1H3/t21-,22-,23+,24+,25-,26+/m0/s1. The van der Waals surface area contributed by atoms with E-state index in [2.05, 4.69) is 31.9 Å². The third-order valence-electron chi connectivity index (χ3n) is 6.27. The summed E-state index contributed by atoms with van der Waals surface area (Å²) >= 11 is 6.55. The van der Waals surface area contributed by atoms with Crippen LogP contribution in [0.25, 0.3) is 0 Å². The Morgan fingerprint density at radius 3 is 1.77 bits per heavy atom. The lowest BCUT2D eigenvalue weighted by atomic mass is 9.98. The first-order valence-corrected chi connectivity index (χ1v) is 16.4. The maximum atomic E-state index is 13.4. The summed E-state index contributed by atoms with van der Waals surface area (Å²) in [7, 11) is -7.58. The highest BCUT2D eigenvalue weighted by atomic mass is 79.9. The van der Waals surface area contributed by atoms with Crippen LogP contribution in [0, 0.1) is 0 Å². The summed E-state index contributed by atoms with van der Waals surface area (Å²) in [6, 6.07) is 20.6. The number of hydrogen-bond acceptors (Lipinski definition) is 10. The Morgan fingerprint density at radius 2 is 1.25 bits per heavy atom. The number of rotatable bonds is 8. The van der Waals surface area contributed by atoms with Crippen LogP contribution in [-0.4, -0.2) is 61.3 Å². The number of fused-ring (bicyclic) bond motifs is 1. The fourth-order valence-corrected chi connectivity index (χ4v) is 7.03. The molecule has 214 valence electrons. The van der Waals surface area contributed by atoms with Crippen molar-refractivity contribution < 1.29 is 44.1 Å². The quantitative estimate of drug-likeness (QED) is 0.307. The average Bonchev–Trinajstić information content (AvgIpc) is 2.94. The van der Waals surface area contributed by atoms with Gasteiger partial charge in [0.25, 0.3) is 20.2 Å². The molecule has 2 aliphatic heterocycles. The molecule has 2 aliphatic rings. The van der Waals surface area contributed by atoms with Gasteiger partial charge in [0.1, 0.15) is 18.3 Å². The van der Waals surface area contributed by atoms with Gasteiger partial charge in [-0.1, -0.05) is 62.2 Å². The third kappa shape index (κ3) is 6.51. The van der Waals surface area contributed by atoms with E-state index in [1.54, 1.807) is 36.4 Å². The molecule has 2 heterocycles. The zero-order chi connectivity index (χ0) is 28.5. The van der Waals surface area contributed by atoms with Crippen molar-refractivity contribution in [2.75, 3.05) is 13.7 Å². The van der Waals surface area contributed by atoms with Crippen molar-refractivity contribution in [3.63, 3.8) is 0 Å². The van der Waals surface area contributed by atoms with E-state index in [0.29, 0.717) is 14.5 Å². The molecule has 10 nitrogen and oxygen atoms in total. The van der Waals surface area contributed by atoms with Crippen LogP contribution >= 0.6 is 31.9 Å². The molecule has 40 heavy (non-hydrogen) atoms. The molecule has 0 amide bonds. The van der Waals surface area contributed by atoms with Gasteiger partial charge in [-0.25, -0.2) is 0 Å². The first-order chi connectivity index (χ1) is 19.1. The summed E-state index contributed by atoms with van der Waals surface area (Å²) in [4.78, 5) is -0.300. The number of benzene rings is 3. The Bertz CT molecular complexity index is 1520. The summed E-state index contributed by atoms with van der Waals surface area (Å²) in [5, 5.41) is 0. The Hall–Kier alpha value is -1.72. The van der Waals surface area contributed by atoms with Gasteiger partial charge < -0.3 is 18.9 Å². The summed E-state index contributed by atoms with van der Waals surface area (Å²) < 4.78 is 89.5. The molecule has 2 fully saturated rings. The Labute approximate surface area is 249 Å². The van der Waals surface area contributed by atoms with E-state index >= 15 is 0 Å². The minimum absolute atomic E-state index is 0.00549. The van der Waals surface area contributed by atoms with Gasteiger partial charge in [0, 0.05) is 21.6 Å². The minimum atomic E-state index is -4.43. The number of hydrogen-bond donors (Lipinski definition) is 0. The molecule has 0 aliphatic carbocycles. The van der Waals surface area contributed by atoms with Gasteiger partial charge in [0.05, 0.1) is 16.4 Å². The van der Waals surface area contributed by atoms with Crippen LogP contribution in [0.3, 0.4) is 0 Å². The van der Waals surface area contributed by atoms with Gasteiger partial charge in [-0.2, -0.15) is 16.8 Å². The maximum absolute atomic E-state index is 13.4.